The van der Waals surface area contributed by atoms with Gasteiger partial charge in [0, 0.05) is 16.6 Å². The lowest BCUT2D eigenvalue weighted by Gasteiger charge is -2.06. The number of hydrogen-bond acceptors (Lipinski definition) is 3. The summed E-state index contributed by atoms with van der Waals surface area (Å²) in [5.74, 6) is 2.08. The average molecular weight is 251 g/mol. The first-order valence-corrected chi connectivity index (χ1v) is 7.18. The van der Waals surface area contributed by atoms with Crippen LogP contribution in [0.25, 0.3) is 0 Å². The number of benzene rings is 1. The van der Waals surface area contributed by atoms with Gasteiger partial charge >= 0.3 is 0 Å². The van der Waals surface area contributed by atoms with Crippen molar-refractivity contribution in [3.8, 4) is 11.8 Å². The van der Waals surface area contributed by atoms with Gasteiger partial charge in [0.25, 0.3) is 0 Å². The van der Waals surface area contributed by atoms with E-state index in [1.54, 1.807) is 0 Å². The third-order valence-corrected chi connectivity index (χ3v) is 3.70. The molecule has 17 heavy (non-hydrogen) atoms. The minimum atomic E-state index is -0.769. The van der Waals surface area contributed by atoms with E-state index in [0.29, 0.717) is 18.8 Å². The maximum atomic E-state index is 11.4. The summed E-state index contributed by atoms with van der Waals surface area (Å²) in [5.41, 5.74) is 0.981. The lowest BCUT2D eigenvalue weighted by atomic mass is 10.2. The van der Waals surface area contributed by atoms with Crippen LogP contribution in [0.15, 0.2) is 24.3 Å². The van der Waals surface area contributed by atoms with Crippen LogP contribution in [-0.4, -0.2) is 22.3 Å². The van der Waals surface area contributed by atoms with Gasteiger partial charge in [0.2, 0.25) is 0 Å². The van der Waals surface area contributed by atoms with Gasteiger partial charge in [-0.3, -0.25) is 4.21 Å². The van der Waals surface area contributed by atoms with E-state index < -0.39 is 10.8 Å². The molecule has 0 aliphatic rings. The van der Waals surface area contributed by atoms with E-state index in [4.69, 9.17) is 10.00 Å². The minimum absolute atomic E-state index is 0.417. The summed E-state index contributed by atoms with van der Waals surface area (Å²) in [4.78, 5) is 0. The van der Waals surface area contributed by atoms with Crippen molar-refractivity contribution in [1.82, 2.24) is 0 Å². The first-order valence-electron chi connectivity index (χ1n) is 5.70. The third-order valence-electron chi connectivity index (χ3n) is 2.22. The van der Waals surface area contributed by atoms with Crippen molar-refractivity contribution in [3.63, 3.8) is 0 Å². The summed E-state index contributed by atoms with van der Waals surface area (Å²) >= 11 is 0. The Balaban J connectivity index is 2.32. The van der Waals surface area contributed by atoms with Crippen LogP contribution in [0.1, 0.15) is 18.9 Å². The van der Waals surface area contributed by atoms with E-state index in [2.05, 4.69) is 6.07 Å². The molecule has 0 bridgehead atoms. The molecule has 0 saturated carbocycles. The molecule has 0 heterocycles. The highest BCUT2D eigenvalue weighted by molar-refractivity contribution is 7.84. The van der Waals surface area contributed by atoms with Crippen LogP contribution >= 0.6 is 0 Å². The predicted molar refractivity (Wildman–Crippen MR) is 69.4 cm³/mol. The van der Waals surface area contributed by atoms with E-state index in [1.807, 2.05) is 31.2 Å². The molecule has 0 spiro atoms. The molecule has 1 aromatic carbocycles. The van der Waals surface area contributed by atoms with Gasteiger partial charge in [-0.05, 0) is 24.1 Å². The molecule has 1 unspecified atom stereocenters. The Labute approximate surface area is 105 Å². The molecule has 1 rings (SSSR count). The highest BCUT2D eigenvalue weighted by Crippen LogP contribution is 2.12. The van der Waals surface area contributed by atoms with E-state index in [9.17, 15) is 4.21 Å². The highest BCUT2D eigenvalue weighted by atomic mass is 32.2. The Bertz CT molecular complexity index is 395. The Hall–Kier alpha value is -1.34. The molecule has 0 saturated heterocycles. The zero-order valence-electron chi connectivity index (χ0n) is 10.0. The van der Waals surface area contributed by atoms with Crippen molar-refractivity contribution in [2.24, 2.45) is 0 Å². The molecule has 0 aliphatic carbocycles. The zero-order chi connectivity index (χ0) is 12.5. The lowest BCUT2D eigenvalue weighted by Crippen LogP contribution is -2.10. The first kappa shape index (κ1) is 13.7. The number of ether oxygens (including phenoxy) is 1. The largest absolute Gasteiger partial charge is 0.493 e. The normalized spacial score (nSPS) is 11.8. The molecule has 4 heteroatoms. The summed E-state index contributed by atoms with van der Waals surface area (Å²) < 4.78 is 16.8. The molecule has 0 fully saturated rings. The van der Waals surface area contributed by atoms with Gasteiger partial charge < -0.3 is 4.74 Å². The Morgan fingerprint density at radius 3 is 2.59 bits per heavy atom. The second-order valence-corrected chi connectivity index (χ2v) is 5.37. The van der Waals surface area contributed by atoms with Crippen LogP contribution in [0.4, 0.5) is 0 Å². The fraction of sp³-hybridized carbons (Fsp3) is 0.462. The average Bonchev–Trinajstić information content (AvgIpc) is 2.32. The molecular formula is C13H17NO2S. The maximum Gasteiger partial charge on any atom is 0.119 e. The topological polar surface area (TPSA) is 50.1 Å². The molecule has 92 valence electrons. The smallest absolute Gasteiger partial charge is 0.119 e. The molecule has 1 aromatic rings. The quantitative estimate of drug-likeness (QED) is 0.747. The van der Waals surface area contributed by atoms with Gasteiger partial charge in [-0.1, -0.05) is 19.1 Å². The molecule has 0 N–H and O–H groups in total. The standard InChI is InChI=1S/C13H17NO2S/c1-2-10-17(15)11-9-16-13-5-3-12(4-6-13)7-8-14/h3-6H,2,7,9-11H2,1H3. The maximum absolute atomic E-state index is 11.4. The van der Waals surface area contributed by atoms with Crippen molar-refractivity contribution < 1.29 is 8.95 Å². The lowest BCUT2D eigenvalue weighted by molar-refractivity contribution is 0.342. The van der Waals surface area contributed by atoms with Gasteiger partial charge in [0.05, 0.1) is 24.8 Å². The van der Waals surface area contributed by atoms with Crippen molar-refractivity contribution in [2.75, 3.05) is 18.1 Å². The Morgan fingerprint density at radius 1 is 1.29 bits per heavy atom. The fourth-order valence-corrected chi connectivity index (χ4v) is 2.31. The second-order valence-electron chi connectivity index (χ2n) is 3.68. The summed E-state index contributed by atoms with van der Waals surface area (Å²) in [6.07, 6.45) is 1.36. The molecule has 0 aliphatic heterocycles. The van der Waals surface area contributed by atoms with E-state index >= 15 is 0 Å². The van der Waals surface area contributed by atoms with Crippen molar-refractivity contribution >= 4 is 10.8 Å². The second kappa shape index (κ2) is 7.86. The molecule has 0 radical (unpaired) electrons. The van der Waals surface area contributed by atoms with Crippen LogP contribution in [0.3, 0.4) is 0 Å². The van der Waals surface area contributed by atoms with Gasteiger partial charge in [0.15, 0.2) is 0 Å². The van der Waals surface area contributed by atoms with Crippen molar-refractivity contribution in [1.29, 1.82) is 5.26 Å². The van der Waals surface area contributed by atoms with Crippen LogP contribution in [0.5, 0.6) is 5.75 Å². The molecule has 1 atom stereocenters. The van der Waals surface area contributed by atoms with Gasteiger partial charge in [-0.2, -0.15) is 5.26 Å². The summed E-state index contributed by atoms with van der Waals surface area (Å²) in [5, 5.41) is 8.53. The summed E-state index contributed by atoms with van der Waals surface area (Å²) in [7, 11) is -0.769. The molecular weight excluding hydrogens is 234 g/mol. The van der Waals surface area contributed by atoms with E-state index in [0.717, 1.165) is 23.5 Å². The van der Waals surface area contributed by atoms with Gasteiger partial charge in [0.1, 0.15) is 5.75 Å². The number of hydrogen-bond donors (Lipinski definition) is 0. The Kier molecular flexibility index (Phi) is 6.34. The SMILES string of the molecule is CCCS(=O)CCOc1ccc(CC#N)cc1. The Morgan fingerprint density at radius 2 is 2.00 bits per heavy atom. The predicted octanol–water partition coefficient (Wildman–Crippen LogP) is 2.29. The van der Waals surface area contributed by atoms with Crippen molar-refractivity contribution in [2.45, 2.75) is 19.8 Å². The van der Waals surface area contributed by atoms with Crippen LogP contribution in [0, 0.1) is 11.3 Å². The van der Waals surface area contributed by atoms with Gasteiger partial charge in [-0.15, -0.1) is 0 Å². The molecule has 0 amide bonds. The zero-order valence-corrected chi connectivity index (χ0v) is 10.8. The van der Waals surface area contributed by atoms with Crippen LogP contribution in [-0.2, 0) is 17.2 Å². The van der Waals surface area contributed by atoms with Crippen molar-refractivity contribution in [3.05, 3.63) is 29.8 Å². The minimum Gasteiger partial charge on any atom is -0.493 e. The highest BCUT2D eigenvalue weighted by Gasteiger charge is 1.99. The number of nitrogens with zero attached hydrogens (tertiary/aromatic N) is 1. The monoisotopic (exact) mass is 251 g/mol. The van der Waals surface area contributed by atoms with E-state index in [-0.39, 0.29) is 0 Å². The van der Waals surface area contributed by atoms with Crippen LogP contribution < -0.4 is 4.74 Å². The summed E-state index contributed by atoms with van der Waals surface area (Å²) in [6, 6.07) is 9.53. The number of rotatable bonds is 7. The molecule has 0 aromatic heterocycles. The third kappa shape index (κ3) is 5.50. The van der Waals surface area contributed by atoms with Gasteiger partial charge in [-0.25, -0.2) is 0 Å². The van der Waals surface area contributed by atoms with E-state index in [1.165, 1.54) is 0 Å². The molecule has 3 nitrogen and oxygen atoms in total. The first-order chi connectivity index (χ1) is 8.26. The summed E-state index contributed by atoms with van der Waals surface area (Å²) in [6.45, 7) is 2.50. The van der Waals surface area contributed by atoms with Crippen LogP contribution in [0.2, 0.25) is 0 Å². The fourth-order valence-electron chi connectivity index (χ4n) is 1.38. The number of nitriles is 1.